The lowest BCUT2D eigenvalue weighted by atomic mass is 9.50. The summed E-state index contributed by atoms with van der Waals surface area (Å²) in [5.41, 5.74) is 2.99. The van der Waals surface area contributed by atoms with Crippen LogP contribution in [0.2, 0.25) is 0 Å². The maximum atomic E-state index is 15.9. The lowest BCUT2D eigenvalue weighted by molar-refractivity contribution is 0.0631. The molecule has 6 aromatic carbocycles. The van der Waals surface area contributed by atoms with Gasteiger partial charge in [-0.05, 0) is 70.8 Å². The summed E-state index contributed by atoms with van der Waals surface area (Å²) >= 11 is 0. The van der Waals surface area contributed by atoms with Crippen LogP contribution in [0.3, 0.4) is 0 Å². The average Bonchev–Trinajstić information content (AvgIpc) is 3.58. The minimum absolute atomic E-state index is 0.114. The number of hydrogen-bond donors (Lipinski definition) is 2. The van der Waals surface area contributed by atoms with E-state index in [1.165, 1.54) is 0 Å². The van der Waals surface area contributed by atoms with Crippen LogP contribution < -0.4 is 20.1 Å². The summed E-state index contributed by atoms with van der Waals surface area (Å²) in [7, 11) is 3.27. The Kier molecular flexibility index (Phi) is 7.72. The van der Waals surface area contributed by atoms with Crippen LogP contribution in [0.25, 0.3) is 0 Å². The van der Waals surface area contributed by atoms with Gasteiger partial charge in [-0.1, -0.05) is 109 Å². The van der Waals surface area contributed by atoms with Gasteiger partial charge in [0, 0.05) is 22.5 Å². The molecule has 0 saturated heterocycles. The van der Waals surface area contributed by atoms with Crippen molar-refractivity contribution in [3.8, 4) is 11.5 Å². The number of Topliss-reactive ketones (excluding diaryl/α,β-unsaturated/α-hetero) is 2. The summed E-state index contributed by atoms with van der Waals surface area (Å²) in [5.74, 6) is 1.21. The third-order valence-corrected chi connectivity index (χ3v) is 10.5. The van der Waals surface area contributed by atoms with E-state index in [2.05, 4.69) is 10.6 Å². The van der Waals surface area contributed by atoms with Crippen LogP contribution in [0.4, 0.5) is 11.4 Å². The molecule has 0 fully saturated rings. The van der Waals surface area contributed by atoms with Gasteiger partial charge in [0.15, 0.2) is 11.6 Å². The molecule has 50 heavy (non-hydrogen) atoms. The third-order valence-electron chi connectivity index (χ3n) is 10.5. The molecule has 0 amide bonds. The molecule has 246 valence electrons. The van der Waals surface area contributed by atoms with Gasteiger partial charge in [0.1, 0.15) is 22.3 Å². The average molecular weight is 657 g/mol. The molecule has 6 heteroatoms. The minimum atomic E-state index is -1.47. The maximum absolute atomic E-state index is 15.9. The van der Waals surface area contributed by atoms with Gasteiger partial charge in [-0.15, -0.1) is 0 Å². The second-order valence-corrected chi connectivity index (χ2v) is 12.8. The van der Waals surface area contributed by atoms with Crippen molar-refractivity contribution in [3.63, 3.8) is 0 Å². The highest BCUT2D eigenvalue weighted by molar-refractivity contribution is 6.20. The quantitative estimate of drug-likeness (QED) is 0.162. The van der Waals surface area contributed by atoms with Gasteiger partial charge in [-0.2, -0.15) is 0 Å². The number of rotatable bonds is 9. The van der Waals surface area contributed by atoms with E-state index in [0.29, 0.717) is 11.1 Å². The van der Waals surface area contributed by atoms with Crippen LogP contribution in [-0.2, 0) is 10.8 Å². The smallest absolute Gasteiger partial charge is 0.177 e. The molecular weight excluding hydrogens is 620 g/mol. The van der Waals surface area contributed by atoms with Gasteiger partial charge in [0.2, 0.25) is 0 Å². The highest BCUT2D eigenvalue weighted by Gasteiger charge is 2.74. The molecule has 0 saturated carbocycles. The Balaban J connectivity index is 1.49. The summed E-state index contributed by atoms with van der Waals surface area (Å²) in [6.45, 7) is 0. The first-order chi connectivity index (χ1) is 24.5. The van der Waals surface area contributed by atoms with Crippen LogP contribution >= 0.6 is 0 Å². The predicted molar refractivity (Wildman–Crippen MR) is 197 cm³/mol. The van der Waals surface area contributed by atoms with E-state index in [-0.39, 0.29) is 11.6 Å². The van der Waals surface area contributed by atoms with Crippen LogP contribution in [0.15, 0.2) is 158 Å². The third kappa shape index (κ3) is 4.48. The Morgan fingerprint density at radius 2 is 0.780 bits per heavy atom. The van der Waals surface area contributed by atoms with Crippen LogP contribution in [0, 0.1) is 0 Å². The number of fused-ring (bicyclic) bond motifs is 2. The molecule has 8 rings (SSSR count). The first kappa shape index (κ1) is 31.1. The Bertz CT molecular complexity index is 2030. The SMILES string of the molecule is COc1ccc(NC2c3ccccc3C(=O)C2(c2ccccc2)C2(c3ccccc3)C(=O)c3ccccc3C2Nc2ccc(OC)cc2)cc1. The number of ether oxygens (including phenoxy) is 2. The molecule has 4 atom stereocenters. The molecule has 2 N–H and O–H groups in total. The van der Waals surface area contributed by atoms with Gasteiger partial charge in [0.25, 0.3) is 0 Å². The predicted octanol–water partition coefficient (Wildman–Crippen LogP) is 8.98. The van der Waals surface area contributed by atoms with E-state index in [1.807, 2.05) is 158 Å². The largest absolute Gasteiger partial charge is 0.497 e. The Labute approximate surface area is 291 Å². The molecule has 6 aromatic rings. The van der Waals surface area contributed by atoms with Crippen LogP contribution in [0.5, 0.6) is 11.5 Å². The van der Waals surface area contributed by atoms with Gasteiger partial charge < -0.3 is 20.1 Å². The minimum Gasteiger partial charge on any atom is -0.497 e. The highest BCUT2D eigenvalue weighted by Crippen LogP contribution is 2.66. The molecule has 0 aromatic heterocycles. The first-order valence-electron chi connectivity index (χ1n) is 16.7. The van der Waals surface area contributed by atoms with Gasteiger partial charge >= 0.3 is 0 Å². The van der Waals surface area contributed by atoms with Crippen molar-refractivity contribution in [3.05, 3.63) is 191 Å². The standard InChI is InChI=1S/C44H36N2O4/c1-49-33-25-21-31(22-26-33)45-39-35-17-9-11-19-37(35)41(47)43(39,29-13-5-3-6-14-29)44(30-15-7-4-8-16-30)40(36-18-10-12-20-38(36)42(44)48)46-32-23-27-34(50-2)28-24-32/h3-28,39-40,45-46H,1-2H3. The Morgan fingerprint density at radius 1 is 0.440 bits per heavy atom. The van der Waals surface area contributed by atoms with E-state index in [0.717, 1.165) is 45.1 Å². The molecule has 0 aliphatic heterocycles. The summed E-state index contributed by atoms with van der Waals surface area (Å²) in [6, 6.07) is 49.3. The number of benzene rings is 6. The Morgan fingerprint density at radius 3 is 1.14 bits per heavy atom. The molecule has 2 aliphatic rings. The molecule has 6 nitrogen and oxygen atoms in total. The number of carbonyl (C=O) groups is 2. The zero-order chi connectivity index (χ0) is 34.3. The van der Waals surface area contributed by atoms with Crippen molar-refractivity contribution < 1.29 is 19.1 Å². The summed E-state index contributed by atoms with van der Waals surface area (Å²) in [6.07, 6.45) is 0. The number of carbonyl (C=O) groups excluding carboxylic acids is 2. The van der Waals surface area contributed by atoms with Gasteiger partial charge in [-0.3, -0.25) is 9.59 Å². The number of anilines is 2. The second-order valence-electron chi connectivity index (χ2n) is 12.8. The van der Waals surface area contributed by atoms with E-state index >= 15 is 9.59 Å². The zero-order valence-electron chi connectivity index (χ0n) is 27.8. The Hall–Kier alpha value is -6.14. The van der Waals surface area contributed by atoms with E-state index < -0.39 is 22.9 Å². The number of methoxy groups -OCH3 is 2. The monoisotopic (exact) mass is 656 g/mol. The topological polar surface area (TPSA) is 76.7 Å². The van der Waals surface area contributed by atoms with Crippen molar-refractivity contribution >= 4 is 22.9 Å². The van der Waals surface area contributed by atoms with E-state index in [9.17, 15) is 0 Å². The molecule has 0 radical (unpaired) electrons. The summed E-state index contributed by atoms with van der Waals surface area (Å²) in [5, 5.41) is 7.63. The lowest BCUT2D eigenvalue weighted by Gasteiger charge is -2.52. The van der Waals surface area contributed by atoms with Crippen molar-refractivity contribution in [1.29, 1.82) is 0 Å². The molecular formula is C44H36N2O4. The van der Waals surface area contributed by atoms with E-state index in [4.69, 9.17) is 9.47 Å². The van der Waals surface area contributed by atoms with Crippen molar-refractivity contribution in [2.24, 2.45) is 0 Å². The fraction of sp³-hybridized carbons (Fsp3) is 0.136. The van der Waals surface area contributed by atoms with Gasteiger partial charge in [-0.25, -0.2) is 0 Å². The van der Waals surface area contributed by atoms with Crippen LogP contribution in [0.1, 0.15) is 55.1 Å². The number of nitrogens with one attached hydrogen (secondary N) is 2. The van der Waals surface area contributed by atoms with Crippen molar-refractivity contribution in [2.45, 2.75) is 22.9 Å². The van der Waals surface area contributed by atoms with Crippen molar-refractivity contribution in [1.82, 2.24) is 0 Å². The maximum Gasteiger partial charge on any atom is 0.177 e. The summed E-state index contributed by atoms with van der Waals surface area (Å²) < 4.78 is 10.9. The van der Waals surface area contributed by atoms with E-state index in [1.54, 1.807) is 14.2 Å². The molecule has 4 unspecified atom stereocenters. The highest BCUT2D eigenvalue weighted by atomic mass is 16.5. The fourth-order valence-corrected chi connectivity index (χ4v) is 8.41. The van der Waals surface area contributed by atoms with Crippen molar-refractivity contribution in [2.75, 3.05) is 24.9 Å². The molecule has 0 spiro atoms. The number of hydrogen-bond acceptors (Lipinski definition) is 6. The molecule has 2 aliphatic carbocycles. The second kappa shape index (κ2) is 12.4. The fourth-order valence-electron chi connectivity index (χ4n) is 8.41. The summed E-state index contributed by atoms with van der Waals surface area (Å²) in [4.78, 5) is 31.8. The van der Waals surface area contributed by atoms with Gasteiger partial charge in [0.05, 0.1) is 26.3 Å². The lowest BCUT2D eigenvalue weighted by Crippen LogP contribution is -2.62. The molecule has 0 heterocycles. The van der Waals surface area contributed by atoms with Crippen LogP contribution in [-0.4, -0.2) is 25.8 Å². The zero-order valence-corrected chi connectivity index (χ0v) is 27.8. The first-order valence-corrected chi connectivity index (χ1v) is 16.7. The number of ketones is 2. The molecule has 0 bridgehead atoms. The normalized spacial score (nSPS) is 22.0.